The lowest BCUT2D eigenvalue weighted by Gasteiger charge is -2.30. The fourth-order valence-electron chi connectivity index (χ4n) is 3.90. The van der Waals surface area contributed by atoms with Gasteiger partial charge in [0.1, 0.15) is 11.0 Å². The van der Waals surface area contributed by atoms with Gasteiger partial charge in [-0.3, -0.25) is 9.59 Å². The van der Waals surface area contributed by atoms with E-state index < -0.39 is 12.1 Å². The summed E-state index contributed by atoms with van der Waals surface area (Å²) in [5, 5.41) is 9.21. The second kappa shape index (κ2) is 10.00. The normalized spacial score (nSPS) is 17.3. The quantitative estimate of drug-likeness (QED) is 0.420. The van der Waals surface area contributed by atoms with Gasteiger partial charge in [0.15, 0.2) is 5.78 Å². The Kier molecular flexibility index (Phi) is 7.39. The van der Waals surface area contributed by atoms with Gasteiger partial charge in [0.05, 0.1) is 6.04 Å². The van der Waals surface area contributed by atoms with Gasteiger partial charge in [-0.1, -0.05) is 19.8 Å². The molecule has 2 aromatic rings. The lowest BCUT2D eigenvalue weighted by Crippen LogP contribution is -2.37. The summed E-state index contributed by atoms with van der Waals surface area (Å²) in [5.74, 6) is -0.854. The van der Waals surface area contributed by atoms with E-state index >= 15 is 0 Å². The van der Waals surface area contributed by atoms with Crippen molar-refractivity contribution >= 4 is 34.7 Å². The topological polar surface area (TPSA) is 83.9 Å². The number of carbonyl (C=O) groups is 3. The first-order valence-corrected chi connectivity index (χ1v) is 11.1. The van der Waals surface area contributed by atoms with Crippen LogP contribution in [0.5, 0.6) is 0 Å². The summed E-state index contributed by atoms with van der Waals surface area (Å²) in [7, 11) is 1.57. The van der Waals surface area contributed by atoms with Crippen molar-refractivity contribution in [2.24, 2.45) is 0 Å². The Morgan fingerprint density at radius 1 is 1.20 bits per heavy atom. The number of ether oxygens (including phenoxy) is 1. The summed E-state index contributed by atoms with van der Waals surface area (Å²) in [6.07, 6.45) is 4.15. The number of aromatic carboxylic acids is 1. The molecule has 6 nitrogen and oxygen atoms in total. The number of unbranched alkanes of at least 4 members (excludes halogenated alkanes) is 2. The van der Waals surface area contributed by atoms with Crippen molar-refractivity contribution < 1.29 is 24.2 Å². The molecule has 1 N–H and O–H groups in total. The van der Waals surface area contributed by atoms with Crippen molar-refractivity contribution in [3.05, 3.63) is 51.7 Å². The molecule has 1 fully saturated rings. The van der Waals surface area contributed by atoms with Crippen molar-refractivity contribution in [1.82, 2.24) is 0 Å². The number of hydrogen-bond acceptors (Lipinski definition) is 5. The Bertz CT molecular complexity index is 905. The highest BCUT2D eigenvalue weighted by atomic mass is 32.1. The van der Waals surface area contributed by atoms with Gasteiger partial charge >= 0.3 is 5.97 Å². The molecule has 2 atom stereocenters. The van der Waals surface area contributed by atoms with Crippen LogP contribution in [0.4, 0.5) is 5.69 Å². The fraction of sp³-hybridized carbons (Fsp3) is 0.435. The van der Waals surface area contributed by atoms with Gasteiger partial charge in [-0.25, -0.2) is 4.79 Å². The number of carbonyl (C=O) groups excluding carboxylic acids is 2. The molecule has 1 amide bonds. The average Bonchev–Trinajstić information content (AvgIpc) is 3.37. The van der Waals surface area contributed by atoms with E-state index in [-0.39, 0.29) is 22.6 Å². The number of benzene rings is 1. The van der Waals surface area contributed by atoms with Crippen LogP contribution in [0.25, 0.3) is 0 Å². The maximum absolute atomic E-state index is 12.7. The minimum Gasteiger partial charge on any atom is -0.477 e. The summed E-state index contributed by atoms with van der Waals surface area (Å²) in [5.41, 5.74) is 1.38. The largest absolute Gasteiger partial charge is 0.477 e. The van der Waals surface area contributed by atoms with Gasteiger partial charge < -0.3 is 14.7 Å². The molecule has 0 bridgehead atoms. The van der Waals surface area contributed by atoms with E-state index in [1.165, 1.54) is 11.3 Å². The zero-order valence-corrected chi connectivity index (χ0v) is 18.1. The van der Waals surface area contributed by atoms with Gasteiger partial charge in [0, 0.05) is 36.1 Å². The van der Waals surface area contributed by atoms with E-state index in [9.17, 15) is 19.5 Å². The lowest BCUT2D eigenvalue weighted by molar-refractivity contribution is -0.117. The molecule has 160 valence electrons. The summed E-state index contributed by atoms with van der Waals surface area (Å²) in [6.45, 7) is 2.11. The summed E-state index contributed by atoms with van der Waals surface area (Å²) in [4.78, 5) is 39.0. The Hall–Kier alpha value is -2.51. The number of thiophene rings is 1. The second-order valence-corrected chi connectivity index (χ2v) is 8.58. The third-order valence-corrected chi connectivity index (χ3v) is 6.59. The van der Waals surface area contributed by atoms with Crippen LogP contribution < -0.4 is 4.90 Å². The van der Waals surface area contributed by atoms with Crippen molar-refractivity contribution in [2.45, 2.75) is 57.6 Å². The number of anilines is 1. The van der Waals surface area contributed by atoms with Crippen LogP contribution in [0.1, 0.15) is 76.5 Å². The first-order chi connectivity index (χ1) is 14.5. The smallest absolute Gasteiger partial charge is 0.345 e. The molecule has 1 saturated heterocycles. The molecule has 0 radical (unpaired) electrons. The Morgan fingerprint density at radius 2 is 1.93 bits per heavy atom. The number of nitrogens with zero attached hydrogens (tertiary/aromatic N) is 1. The number of amides is 1. The Labute approximate surface area is 180 Å². The molecule has 30 heavy (non-hydrogen) atoms. The number of Topliss-reactive ketones (excluding diaryl/α,β-unsaturated/α-hetero) is 1. The second-order valence-electron chi connectivity index (χ2n) is 7.46. The highest BCUT2D eigenvalue weighted by Crippen LogP contribution is 2.38. The number of carboxylic acid groups (broad SMARTS) is 1. The molecule has 7 heteroatoms. The molecule has 1 unspecified atom stereocenters. The van der Waals surface area contributed by atoms with Gasteiger partial charge in [0.2, 0.25) is 5.91 Å². The number of methoxy groups -OCH3 is 1. The monoisotopic (exact) mass is 429 g/mol. The van der Waals surface area contributed by atoms with Crippen molar-refractivity contribution in [2.75, 3.05) is 12.0 Å². The zero-order valence-electron chi connectivity index (χ0n) is 17.3. The molecular weight excluding hydrogens is 402 g/mol. The number of carboxylic acids is 1. The van der Waals surface area contributed by atoms with Crippen molar-refractivity contribution in [3.8, 4) is 0 Å². The van der Waals surface area contributed by atoms with Gasteiger partial charge in [-0.15, -0.1) is 11.3 Å². The van der Waals surface area contributed by atoms with Crippen molar-refractivity contribution in [3.63, 3.8) is 0 Å². The Balaban J connectivity index is 1.79. The van der Waals surface area contributed by atoms with Crippen LogP contribution >= 0.6 is 11.3 Å². The molecule has 1 aliphatic heterocycles. The van der Waals surface area contributed by atoms with Crippen LogP contribution in [0.2, 0.25) is 0 Å². The highest BCUT2D eigenvalue weighted by Gasteiger charge is 2.39. The van der Waals surface area contributed by atoms with Crippen LogP contribution in [0.3, 0.4) is 0 Å². The molecule has 1 aromatic heterocycles. The molecule has 1 aliphatic rings. The predicted molar refractivity (Wildman–Crippen MR) is 116 cm³/mol. The zero-order chi connectivity index (χ0) is 21.7. The molecule has 1 aromatic carbocycles. The van der Waals surface area contributed by atoms with E-state index in [4.69, 9.17) is 4.74 Å². The maximum atomic E-state index is 12.7. The van der Waals surface area contributed by atoms with Gasteiger partial charge in [0.25, 0.3) is 0 Å². The van der Waals surface area contributed by atoms with Crippen LogP contribution in [-0.2, 0) is 9.53 Å². The van der Waals surface area contributed by atoms with E-state index in [0.29, 0.717) is 24.8 Å². The van der Waals surface area contributed by atoms with Crippen LogP contribution in [0.15, 0.2) is 36.4 Å². The fourth-order valence-corrected chi connectivity index (χ4v) is 4.88. The third-order valence-electron chi connectivity index (χ3n) is 5.45. The number of rotatable bonds is 10. The molecule has 2 heterocycles. The van der Waals surface area contributed by atoms with E-state index in [1.807, 2.05) is 12.1 Å². The minimum atomic E-state index is -0.973. The Morgan fingerprint density at radius 3 is 2.53 bits per heavy atom. The summed E-state index contributed by atoms with van der Waals surface area (Å²) >= 11 is 1.17. The number of ketones is 1. The highest BCUT2D eigenvalue weighted by molar-refractivity contribution is 7.14. The molecule has 0 saturated carbocycles. The first kappa shape index (κ1) is 22.2. The van der Waals surface area contributed by atoms with E-state index in [0.717, 1.165) is 29.8 Å². The third kappa shape index (κ3) is 4.79. The van der Waals surface area contributed by atoms with Gasteiger partial charge in [-0.05, 0) is 49.2 Å². The molecule has 3 rings (SSSR count). The lowest BCUT2D eigenvalue weighted by atomic mass is 10.0. The van der Waals surface area contributed by atoms with Crippen LogP contribution in [-0.4, -0.2) is 35.9 Å². The SMILES string of the molecule is CCCCCC(=O)c1ccc(N2C(=O)CCC2[C@H](OC)c2ccc(C(=O)O)s2)cc1. The van der Waals surface area contributed by atoms with E-state index in [2.05, 4.69) is 6.92 Å². The first-order valence-electron chi connectivity index (χ1n) is 10.3. The predicted octanol–water partition coefficient (Wildman–Crippen LogP) is 5.09. The van der Waals surface area contributed by atoms with E-state index in [1.54, 1.807) is 36.3 Å². The molecule has 0 spiro atoms. The standard InChI is InChI=1S/C23H27NO5S/c1-3-4-5-6-18(25)15-7-9-16(10-8-15)24-17(11-14-21(24)26)22(29-2)19-12-13-20(30-19)23(27)28/h7-10,12-13,17,22H,3-6,11,14H2,1-2H3,(H,27,28)/t17?,22-/m0/s1. The summed E-state index contributed by atoms with van der Waals surface area (Å²) < 4.78 is 5.70. The van der Waals surface area contributed by atoms with Crippen LogP contribution in [0, 0.1) is 0 Å². The minimum absolute atomic E-state index is 0.000846. The maximum Gasteiger partial charge on any atom is 0.345 e. The van der Waals surface area contributed by atoms with Gasteiger partial charge in [-0.2, -0.15) is 0 Å². The van der Waals surface area contributed by atoms with Crippen molar-refractivity contribution in [1.29, 1.82) is 0 Å². The molecule has 0 aliphatic carbocycles. The summed E-state index contributed by atoms with van der Waals surface area (Å²) in [6, 6.07) is 10.3. The molecular formula is C23H27NO5S. The average molecular weight is 430 g/mol. The number of hydrogen-bond donors (Lipinski definition) is 1.